The van der Waals surface area contributed by atoms with Crippen LogP contribution in [0.25, 0.3) is 0 Å². The fraction of sp³-hybridized carbons (Fsp3) is 0.652. The van der Waals surface area contributed by atoms with Gasteiger partial charge in [0, 0.05) is 51.4 Å². The second-order valence-corrected chi connectivity index (χ2v) is 9.45. The molecule has 33 heavy (non-hydrogen) atoms. The molecule has 2 fully saturated rings. The smallest absolute Gasteiger partial charge is 0.255 e. The molecule has 0 aliphatic carbocycles. The second-order valence-electron chi connectivity index (χ2n) is 9.04. The number of benzene rings is 1. The van der Waals surface area contributed by atoms with Gasteiger partial charge in [-0.3, -0.25) is 9.59 Å². The van der Waals surface area contributed by atoms with Crippen LogP contribution in [-0.2, 0) is 4.79 Å². The molecule has 0 radical (unpaired) electrons. The van der Waals surface area contributed by atoms with Crippen LogP contribution in [0, 0.1) is 5.92 Å². The highest BCUT2D eigenvalue weighted by Gasteiger charge is 2.28. The van der Waals surface area contributed by atoms with Gasteiger partial charge in [-0.25, -0.2) is 0 Å². The Bertz CT molecular complexity index is 823. The van der Waals surface area contributed by atoms with Gasteiger partial charge in [0.2, 0.25) is 5.91 Å². The Kier molecular flexibility index (Phi) is 9.19. The summed E-state index contributed by atoms with van der Waals surface area (Å²) in [5.74, 6) is 0.751. The molecule has 3 rings (SSSR count). The monoisotopic (exact) mass is 481 g/mol. The summed E-state index contributed by atoms with van der Waals surface area (Å²) in [6.07, 6.45) is 3.05. The quantitative estimate of drug-likeness (QED) is 0.408. The highest BCUT2D eigenvalue weighted by molar-refractivity contribution is 6.33. The number of nitrogens with one attached hydrogen (secondary N) is 1. The van der Waals surface area contributed by atoms with Crippen LogP contribution in [0.2, 0.25) is 5.02 Å². The third-order valence-corrected chi connectivity index (χ3v) is 6.98. The molecule has 0 spiro atoms. The first-order chi connectivity index (χ1) is 15.8. The van der Waals surface area contributed by atoms with Gasteiger partial charge in [-0.1, -0.05) is 11.6 Å². The maximum absolute atomic E-state index is 12.8. The number of methoxy groups -OCH3 is 1. The third-order valence-electron chi connectivity index (χ3n) is 6.65. The van der Waals surface area contributed by atoms with Crippen molar-refractivity contribution < 1.29 is 19.4 Å². The van der Waals surface area contributed by atoms with Crippen molar-refractivity contribution in [1.29, 1.82) is 0 Å². The SMILES string of the molecule is COc1cc(N)c(Cl)cc1C(=O)NC1CCN(CC2CCN(C(=O)CC(O)CN)CC2)CC1. The summed E-state index contributed by atoms with van der Waals surface area (Å²) in [6, 6.07) is 3.22. The fourth-order valence-corrected chi connectivity index (χ4v) is 4.75. The number of carbonyl (C=O) groups excluding carboxylic acids is 2. The van der Waals surface area contributed by atoms with Crippen LogP contribution < -0.4 is 21.5 Å². The molecule has 9 nitrogen and oxygen atoms in total. The number of nitrogens with two attached hydrogens (primary N) is 2. The molecule has 2 aliphatic heterocycles. The summed E-state index contributed by atoms with van der Waals surface area (Å²) in [5.41, 5.74) is 12.0. The summed E-state index contributed by atoms with van der Waals surface area (Å²) < 4.78 is 5.29. The molecule has 2 heterocycles. The van der Waals surface area contributed by atoms with Gasteiger partial charge in [0.15, 0.2) is 0 Å². The average molecular weight is 482 g/mol. The van der Waals surface area contributed by atoms with Gasteiger partial charge in [0.1, 0.15) is 5.75 Å². The van der Waals surface area contributed by atoms with E-state index in [1.165, 1.54) is 7.11 Å². The van der Waals surface area contributed by atoms with E-state index in [0.29, 0.717) is 27.9 Å². The zero-order valence-corrected chi connectivity index (χ0v) is 20.0. The van der Waals surface area contributed by atoms with Gasteiger partial charge < -0.3 is 36.4 Å². The minimum atomic E-state index is -0.755. The number of halogens is 1. The minimum Gasteiger partial charge on any atom is -0.496 e. The van der Waals surface area contributed by atoms with E-state index < -0.39 is 6.10 Å². The zero-order valence-electron chi connectivity index (χ0n) is 19.3. The van der Waals surface area contributed by atoms with Crippen LogP contribution in [0.1, 0.15) is 42.5 Å². The molecule has 2 saturated heterocycles. The van der Waals surface area contributed by atoms with Crippen molar-refractivity contribution in [1.82, 2.24) is 15.1 Å². The van der Waals surface area contributed by atoms with Gasteiger partial charge >= 0.3 is 0 Å². The lowest BCUT2D eigenvalue weighted by molar-refractivity contribution is -0.134. The summed E-state index contributed by atoms with van der Waals surface area (Å²) in [7, 11) is 1.50. The third kappa shape index (κ3) is 6.96. The lowest BCUT2D eigenvalue weighted by atomic mass is 9.94. The molecular weight excluding hydrogens is 446 g/mol. The maximum atomic E-state index is 12.8. The van der Waals surface area contributed by atoms with Crippen molar-refractivity contribution in [3.63, 3.8) is 0 Å². The average Bonchev–Trinajstić information content (AvgIpc) is 2.82. The van der Waals surface area contributed by atoms with Gasteiger partial charge in [-0.15, -0.1) is 0 Å². The highest BCUT2D eigenvalue weighted by atomic mass is 35.5. The molecule has 1 atom stereocenters. The van der Waals surface area contributed by atoms with Crippen molar-refractivity contribution in [2.45, 2.75) is 44.2 Å². The molecule has 184 valence electrons. The molecule has 1 aromatic rings. The van der Waals surface area contributed by atoms with Crippen molar-refractivity contribution >= 4 is 29.1 Å². The fourth-order valence-electron chi connectivity index (χ4n) is 4.58. The van der Waals surface area contributed by atoms with E-state index in [1.807, 2.05) is 4.90 Å². The Morgan fingerprint density at radius 3 is 2.48 bits per heavy atom. The maximum Gasteiger partial charge on any atom is 0.255 e. The van der Waals surface area contributed by atoms with Crippen molar-refractivity contribution in [2.24, 2.45) is 11.7 Å². The highest BCUT2D eigenvalue weighted by Crippen LogP contribution is 2.29. The van der Waals surface area contributed by atoms with E-state index >= 15 is 0 Å². The van der Waals surface area contributed by atoms with Crippen molar-refractivity contribution in [2.75, 3.05) is 52.1 Å². The van der Waals surface area contributed by atoms with Gasteiger partial charge in [-0.05, 0) is 37.7 Å². The summed E-state index contributed by atoms with van der Waals surface area (Å²) in [4.78, 5) is 29.3. The summed E-state index contributed by atoms with van der Waals surface area (Å²) in [5, 5.41) is 13.0. The first kappa shape index (κ1) is 25.6. The lowest BCUT2D eigenvalue weighted by Crippen LogP contribution is -2.47. The number of hydrogen-bond donors (Lipinski definition) is 4. The van der Waals surface area contributed by atoms with E-state index in [4.69, 9.17) is 27.8 Å². The van der Waals surface area contributed by atoms with Crippen LogP contribution in [0.5, 0.6) is 5.75 Å². The van der Waals surface area contributed by atoms with Gasteiger partial charge in [0.25, 0.3) is 5.91 Å². The number of aliphatic hydroxyl groups is 1. The second kappa shape index (κ2) is 11.9. The standard InChI is InChI=1S/C23H36ClN5O4/c1-33-21-12-20(26)19(24)11-18(21)23(32)27-16-4-6-28(7-5-16)14-15-2-8-29(9-3-15)22(31)10-17(30)13-25/h11-12,15-17,30H,2-10,13-14,25-26H2,1H3,(H,27,32). The van der Waals surface area contributed by atoms with E-state index in [2.05, 4.69) is 10.2 Å². The van der Waals surface area contributed by atoms with Crippen molar-refractivity contribution in [3.05, 3.63) is 22.7 Å². The van der Waals surface area contributed by atoms with Crippen LogP contribution in [-0.4, -0.2) is 85.2 Å². The molecule has 0 bridgehead atoms. The molecule has 2 amide bonds. The molecule has 1 unspecified atom stereocenters. The van der Waals surface area contributed by atoms with Gasteiger partial charge in [-0.2, -0.15) is 0 Å². The molecular formula is C23H36ClN5O4. The molecule has 0 aromatic heterocycles. The number of likely N-dealkylation sites (tertiary alicyclic amines) is 2. The predicted molar refractivity (Wildman–Crippen MR) is 128 cm³/mol. The van der Waals surface area contributed by atoms with E-state index in [0.717, 1.165) is 58.4 Å². The first-order valence-electron chi connectivity index (χ1n) is 11.6. The van der Waals surface area contributed by atoms with E-state index in [-0.39, 0.29) is 30.8 Å². The van der Waals surface area contributed by atoms with Crippen LogP contribution in [0.3, 0.4) is 0 Å². The number of hydrogen-bond acceptors (Lipinski definition) is 7. The van der Waals surface area contributed by atoms with E-state index in [1.54, 1.807) is 12.1 Å². The molecule has 6 N–H and O–H groups in total. The normalized spacial score (nSPS) is 19.3. The molecule has 1 aromatic carbocycles. The summed E-state index contributed by atoms with van der Waals surface area (Å²) >= 11 is 6.09. The Labute approximate surface area is 200 Å². The lowest BCUT2D eigenvalue weighted by Gasteiger charge is -2.38. The number of carbonyl (C=O) groups is 2. The predicted octanol–water partition coefficient (Wildman–Crippen LogP) is 1.07. The van der Waals surface area contributed by atoms with Crippen LogP contribution in [0.15, 0.2) is 12.1 Å². The number of aliphatic hydroxyl groups excluding tert-OH is 1. The number of piperidine rings is 2. The van der Waals surface area contributed by atoms with Crippen LogP contribution >= 0.6 is 11.6 Å². The first-order valence-corrected chi connectivity index (χ1v) is 12.0. The largest absolute Gasteiger partial charge is 0.496 e. The summed E-state index contributed by atoms with van der Waals surface area (Å²) in [6.45, 7) is 4.44. The number of rotatable bonds is 8. The van der Waals surface area contributed by atoms with Crippen LogP contribution in [0.4, 0.5) is 5.69 Å². The Morgan fingerprint density at radius 1 is 1.21 bits per heavy atom. The Hall–Kier alpha value is -2.07. The van der Waals surface area contributed by atoms with E-state index in [9.17, 15) is 14.7 Å². The van der Waals surface area contributed by atoms with Crippen molar-refractivity contribution in [3.8, 4) is 5.75 Å². The number of nitrogens with zero attached hydrogens (tertiary/aromatic N) is 2. The molecule has 0 saturated carbocycles. The Morgan fingerprint density at radius 2 is 1.88 bits per heavy atom. The molecule has 2 aliphatic rings. The Balaban J connectivity index is 1.41. The number of ether oxygens (including phenoxy) is 1. The molecule has 10 heteroatoms. The number of anilines is 1. The topological polar surface area (TPSA) is 134 Å². The number of amides is 2. The minimum absolute atomic E-state index is 0.0121. The number of nitrogen functional groups attached to an aromatic ring is 1. The zero-order chi connectivity index (χ0) is 24.0. The van der Waals surface area contributed by atoms with Gasteiger partial charge in [0.05, 0.1) is 35.9 Å².